The third-order valence-electron chi connectivity index (χ3n) is 14.8. The normalized spacial score (nSPS) is 12.2. The minimum atomic E-state index is -0.474. The highest BCUT2D eigenvalue weighted by Gasteiger charge is 2.46. The van der Waals surface area contributed by atoms with Crippen LogP contribution in [-0.2, 0) is 5.41 Å². The van der Waals surface area contributed by atoms with Crippen molar-refractivity contribution in [3.05, 3.63) is 289 Å². The van der Waals surface area contributed by atoms with E-state index in [-0.39, 0.29) is 0 Å². The van der Waals surface area contributed by atoms with Gasteiger partial charge in [0.15, 0.2) is 0 Å². The van der Waals surface area contributed by atoms with Crippen molar-refractivity contribution in [1.29, 1.82) is 0 Å². The van der Waals surface area contributed by atoms with Gasteiger partial charge in [0.25, 0.3) is 0 Å². The summed E-state index contributed by atoms with van der Waals surface area (Å²) in [5, 5.41) is 9.84. The predicted octanol–water partition coefficient (Wildman–Crippen LogP) is 19.8. The highest BCUT2D eigenvalue weighted by Crippen LogP contribution is 2.56. The number of rotatable bonds is 7. The van der Waals surface area contributed by atoms with Crippen LogP contribution in [0.5, 0.6) is 0 Å². The Labute approximate surface area is 428 Å². The maximum Gasteiger partial charge on any atom is 0.0714 e. The Balaban J connectivity index is 0.00000133. The molecule has 0 aliphatic heterocycles. The summed E-state index contributed by atoms with van der Waals surface area (Å²) in [6, 6.07) is 98.6. The molecular formula is C71H56N2. The summed E-state index contributed by atoms with van der Waals surface area (Å²) < 4.78 is 2.47. The van der Waals surface area contributed by atoms with Crippen molar-refractivity contribution in [1.82, 2.24) is 4.57 Å². The number of benzene rings is 12. The number of nitrogens with zero attached hydrogens (tertiary/aromatic N) is 2. The Morgan fingerprint density at radius 1 is 0.315 bits per heavy atom. The van der Waals surface area contributed by atoms with E-state index in [2.05, 4.69) is 276 Å². The molecule has 0 amide bonds. The summed E-state index contributed by atoms with van der Waals surface area (Å²) in [5.74, 6) is 0. The van der Waals surface area contributed by atoms with Gasteiger partial charge < -0.3 is 9.47 Å². The standard InChI is InChI=1S/C67H44N2.2C2H6/c1-4-19-50(20-5-1)67(51-21-6-2-7-22-51)62-30-16-14-27-57(62)58-38-37-54(44-63(58)67)69-64-31-17-15-29-60(64)61-42-48(35-39-65(61)69)45-32-33-47-41-53(36-34-46(47)40-45)68(52-23-8-3-9-24-52)66-43-49-18-10-11-25-55(49)56-26-12-13-28-59(56)66;2*1-2/h1-44H;2*1-2H3. The summed E-state index contributed by atoms with van der Waals surface area (Å²) in [7, 11) is 0. The van der Waals surface area contributed by atoms with E-state index in [1.54, 1.807) is 0 Å². The van der Waals surface area contributed by atoms with Crippen molar-refractivity contribution in [2.24, 2.45) is 0 Å². The van der Waals surface area contributed by atoms with Crippen molar-refractivity contribution in [3.63, 3.8) is 0 Å². The number of anilines is 3. The molecule has 2 heteroatoms. The summed E-state index contributed by atoms with van der Waals surface area (Å²) in [4.78, 5) is 2.41. The van der Waals surface area contributed by atoms with Crippen LogP contribution < -0.4 is 4.90 Å². The molecule has 0 N–H and O–H groups in total. The molecule has 0 radical (unpaired) electrons. The molecule has 13 aromatic rings. The fraction of sp³-hybridized carbons (Fsp3) is 0.0704. The third kappa shape index (κ3) is 7.32. The van der Waals surface area contributed by atoms with E-state index in [4.69, 9.17) is 0 Å². The Kier molecular flexibility index (Phi) is 11.7. The molecule has 12 aromatic carbocycles. The second kappa shape index (κ2) is 19.0. The summed E-state index contributed by atoms with van der Waals surface area (Å²) in [5.41, 5.74) is 16.6. The monoisotopic (exact) mass is 936 g/mol. The number of para-hydroxylation sites is 2. The summed E-state index contributed by atoms with van der Waals surface area (Å²) in [6.07, 6.45) is 0. The quantitative estimate of drug-likeness (QED) is 0.145. The molecular weight excluding hydrogens is 881 g/mol. The maximum absolute atomic E-state index is 2.47. The van der Waals surface area contributed by atoms with Crippen molar-refractivity contribution in [2.75, 3.05) is 4.90 Å². The molecule has 350 valence electrons. The van der Waals surface area contributed by atoms with Gasteiger partial charge in [-0.05, 0) is 138 Å². The average molecular weight is 937 g/mol. The molecule has 1 aliphatic rings. The molecule has 0 unspecified atom stereocenters. The number of fused-ring (bicyclic) bond motifs is 10. The zero-order valence-electron chi connectivity index (χ0n) is 41.8. The lowest BCUT2D eigenvalue weighted by Crippen LogP contribution is -2.28. The number of hydrogen-bond acceptors (Lipinski definition) is 1. The van der Waals surface area contributed by atoms with Gasteiger partial charge in [0, 0.05) is 33.2 Å². The molecule has 73 heavy (non-hydrogen) atoms. The topological polar surface area (TPSA) is 8.17 Å². The molecule has 0 saturated carbocycles. The smallest absolute Gasteiger partial charge is 0.0714 e. The lowest BCUT2D eigenvalue weighted by molar-refractivity contribution is 0.767. The number of aromatic nitrogens is 1. The van der Waals surface area contributed by atoms with Crippen LogP contribution >= 0.6 is 0 Å². The minimum Gasteiger partial charge on any atom is -0.310 e. The largest absolute Gasteiger partial charge is 0.310 e. The highest BCUT2D eigenvalue weighted by atomic mass is 15.1. The van der Waals surface area contributed by atoms with E-state index in [1.807, 2.05) is 27.7 Å². The van der Waals surface area contributed by atoms with Crippen molar-refractivity contribution < 1.29 is 0 Å². The predicted molar refractivity (Wildman–Crippen MR) is 313 cm³/mol. The molecule has 1 aliphatic carbocycles. The third-order valence-corrected chi connectivity index (χ3v) is 14.8. The molecule has 14 rings (SSSR count). The van der Waals surface area contributed by atoms with Gasteiger partial charge in [-0.25, -0.2) is 0 Å². The van der Waals surface area contributed by atoms with Crippen LogP contribution in [0.1, 0.15) is 49.9 Å². The summed E-state index contributed by atoms with van der Waals surface area (Å²) in [6.45, 7) is 8.00. The van der Waals surface area contributed by atoms with Crippen molar-refractivity contribution in [3.8, 4) is 27.9 Å². The van der Waals surface area contributed by atoms with Gasteiger partial charge in [0.05, 0.1) is 22.1 Å². The summed E-state index contributed by atoms with van der Waals surface area (Å²) >= 11 is 0. The SMILES string of the molecule is CC.CC.c1ccc(N(c2ccc3cc(-c4ccc5c(c4)c4ccccc4n5-c4ccc5c(c4)C(c4ccccc4)(c4ccccc4)c4ccccc4-5)ccc3c2)c2cc3ccccc3c3ccccc23)cc1. The average Bonchev–Trinajstić information content (AvgIpc) is 3.97. The Morgan fingerprint density at radius 3 is 1.62 bits per heavy atom. The van der Waals surface area contributed by atoms with Crippen LogP contribution in [-0.4, -0.2) is 4.57 Å². The van der Waals surface area contributed by atoms with E-state index in [9.17, 15) is 0 Å². The molecule has 0 atom stereocenters. The van der Waals surface area contributed by atoms with Gasteiger partial charge in [-0.3, -0.25) is 0 Å². The fourth-order valence-electron chi connectivity index (χ4n) is 11.8. The zero-order chi connectivity index (χ0) is 49.5. The first-order valence-corrected chi connectivity index (χ1v) is 25.9. The van der Waals surface area contributed by atoms with Crippen LogP contribution in [0.3, 0.4) is 0 Å². The molecule has 0 spiro atoms. The van der Waals surface area contributed by atoms with Crippen molar-refractivity contribution in [2.45, 2.75) is 33.1 Å². The van der Waals surface area contributed by atoms with Gasteiger partial charge in [-0.1, -0.05) is 228 Å². The van der Waals surface area contributed by atoms with E-state index in [0.717, 1.165) is 22.7 Å². The van der Waals surface area contributed by atoms with Gasteiger partial charge in [-0.15, -0.1) is 0 Å². The Hall–Kier alpha value is -8.98. The maximum atomic E-state index is 2.47. The Morgan fingerprint density at radius 2 is 0.863 bits per heavy atom. The van der Waals surface area contributed by atoms with Crippen LogP contribution in [0, 0.1) is 0 Å². The van der Waals surface area contributed by atoms with Crippen LogP contribution in [0.25, 0.3) is 82.1 Å². The first-order chi connectivity index (χ1) is 36.2. The zero-order valence-corrected chi connectivity index (χ0v) is 41.8. The molecule has 0 saturated heterocycles. The van der Waals surface area contributed by atoms with Gasteiger partial charge in [0.1, 0.15) is 0 Å². The molecule has 2 nitrogen and oxygen atoms in total. The molecule has 1 aromatic heterocycles. The second-order valence-electron chi connectivity index (χ2n) is 18.4. The highest BCUT2D eigenvalue weighted by molar-refractivity contribution is 6.15. The van der Waals surface area contributed by atoms with Crippen LogP contribution in [0.4, 0.5) is 17.1 Å². The van der Waals surface area contributed by atoms with Crippen molar-refractivity contribution >= 4 is 71.2 Å². The lowest BCUT2D eigenvalue weighted by Gasteiger charge is -2.34. The Bertz CT molecular complexity index is 4090. The molecule has 1 heterocycles. The van der Waals surface area contributed by atoms with Gasteiger partial charge in [-0.2, -0.15) is 0 Å². The van der Waals surface area contributed by atoms with Gasteiger partial charge in [0.2, 0.25) is 0 Å². The first-order valence-electron chi connectivity index (χ1n) is 25.9. The second-order valence-corrected chi connectivity index (χ2v) is 18.4. The fourth-order valence-corrected chi connectivity index (χ4v) is 11.8. The number of hydrogen-bond donors (Lipinski definition) is 0. The van der Waals surface area contributed by atoms with Gasteiger partial charge >= 0.3 is 0 Å². The lowest BCUT2D eigenvalue weighted by atomic mass is 9.67. The van der Waals surface area contributed by atoms with E-state index in [1.165, 1.54) is 98.6 Å². The van der Waals surface area contributed by atoms with Crippen LogP contribution in [0.15, 0.2) is 267 Å². The molecule has 0 fully saturated rings. The molecule has 0 bridgehead atoms. The van der Waals surface area contributed by atoms with E-state index < -0.39 is 5.41 Å². The van der Waals surface area contributed by atoms with E-state index in [0.29, 0.717) is 0 Å². The minimum absolute atomic E-state index is 0.474. The van der Waals surface area contributed by atoms with Crippen LogP contribution in [0.2, 0.25) is 0 Å². The first kappa shape index (κ1) is 45.2. The van der Waals surface area contributed by atoms with E-state index >= 15 is 0 Å².